The van der Waals surface area contributed by atoms with E-state index in [4.69, 9.17) is 29.4 Å². The van der Waals surface area contributed by atoms with E-state index < -0.39 is 71.5 Å². The first-order chi connectivity index (χ1) is 29.7. The van der Waals surface area contributed by atoms with Crippen molar-refractivity contribution < 1.29 is 47.1 Å². The van der Waals surface area contributed by atoms with Crippen molar-refractivity contribution >= 4 is 35.7 Å². The Hall–Kier alpha value is -3.39. The SMILES string of the molecule is CC[C@H]1OC(=O)[C@H](C)C(=O)[C@H](C)[C@@H](O[C@@H]2OC(C)CC(N(C)C)C2O)[C@](C)(OC)C[C@@H](C)CN[C@H](C)[C@H]2N(CCCCCn3cc(-c4cccc(N)c4)nn3)C(=O)O[C@]12C.CSF. The van der Waals surface area contributed by atoms with Gasteiger partial charge >= 0.3 is 12.1 Å². The molecule has 356 valence electrons. The van der Waals surface area contributed by atoms with Crippen LogP contribution in [0.15, 0.2) is 30.5 Å². The zero-order chi connectivity index (χ0) is 46.8. The highest BCUT2D eigenvalue weighted by molar-refractivity contribution is 7.93. The highest BCUT2D eigenvalue weighted by Gasteiger charge is 2.58. The van der Waals surface area contributed by atoms with Gasteiger partial charge in [0.15, 0.2) is 17.7 Å². The van der Waals surface area contributed by atoms with Gasteiger partial charge in [0, 0.05) is 67.9 Å². The minimum atomic E-state index is -1.22. The maximum absolute atomic E-state index is 14.4. The van der Waals surface area contributed by atoms with E-state index in [1.54, 1.807) is 25.9 Å². The fraction of sp³-hybridized carbons (Fsp3) is 0.756. The number of Topliss-reactive ketones (excluding diaryl/α,β-unsaturated/α-hetero) is 1. The number of rotatable bonds is 12. The Morgan fingerprint density at radius 2 is 1.78 bits per heavy atom. The van der Waals surface area contributed by atoms with Gasteiger partial charge in [0.1, 0.15) is 23.8 Å². The second-order valence-electron chi connectivity index (χ2n) is 18.3. The summed E-state index contributed by atoms with van der Waals surface area (Å²) in [6, 6.07) is 6.53. The number of nitrogens with zero attached hydrogens (tertiary/aromatic N) is 5. The van der Waals surface area contributed by atoms with E-state index in [2.05, 4.69) is 22.6 Å². The number of aliphatic hydroxyl groups is 1. The number of carbonyl (C=O) groups is 3. The zero-order valence-electron chi connectivity index (χ0n) is 39.4. The van der Waals surface area contributed by atoms with Crippen LogP contribution in [0.4, 0.5) is 14.4 Å². The molecule has 3 saturated heterocycles. The highest BCUT2D eigenvalue weighted by Crippen LogP contribution is 2.40. The Balaban J connectivity index is 0.00000282. The second kappa shape index (κ2) is 23.2. The molecule has 0 aliphatic carbocycles. The molecule has 1 amide bonds. The Morgan fingerprint density at radius 3 is 2.41 bits per heavy atom. The molecule has 3 unspecified atom stereocenters. The van der Waals surface area contributed by atoms with Crippen molar-refractivity contribution in [2.24, 2.45) is 17.8 Å². The number of hydrogen-bond donors (Lipinski definition) is 3. The highest BCUT2D eigenvalue weighted by atomic mass is 32.2. The minimum Gasteiger partial charge on any atom is -0.458 e. The first-order valence-electron chi connectivity index (χ1n) is 22.3. The third-order valence-electron chi connectivity index (χ3n) is 13.1. The number of halogens is 1. The smallest absolute Gasteiger partial charge is 0.410 e. The topological polar surface area (TPSA) is 193 Å². The summed E-state index contributed by atoms with van der Waals surface area (Å²) in [7, 11) is 5.40. The number of hydrogen-bond acceptors (Lipinski definition) is 15. The van der Waals surface area contributed by atoms with Gasteiger partial charge in [-0.2, -0.15) is 3.89 Å². The van der Waals surface area contributed by atoms with Gasteiger partial charge in [-0.3, -0.25) is 19.2 Å². The Labute approximate surface area is 378 Å². The number of nitrogens with one attached hydrogen (secondary N) is 1. The second-order valence-corrected chi connectivity index (χ2v) is 18.6. The minimum absolute atomic E-state index is 0.00636. The summed E-state index contributed by atoms with van der Waals surface area (Å²) < 4.78 is 43.6. The normalized spacial score (nSPS) is 34.6. The molecule has 4 heterocycles. The quantitative estimate of drug-likeness (QED) is 0.0985. The average molecular weight is 908 g/mol. The van der Waals surface area contributed by atoms with Crippen molar-refractivity contribution in [1.82, 2.24) is 30.1 Å². The lowest BCUT2D eigenvalue weighted by Gasteiger charge is -2.46. The van der Waals surface area contributed by atoms with Crippen LogP contribution in [0, 0.1) is 17.8 Å². The Bertz CT molecular complexity index is 1790. The summed E-state index contributed by atoms with van der Waals surface area (Å²) in [5.74, 6) is -3.14. The fourth-order valence-corrected chi connectivity index (χ4v) is 9.63. The predicted molar refractivity (Wildman–Crippen MR) is 241 cm³/mol. The number of aliphatic hydroxyl groups excluding tert-OH is 1. The van der Waals surface area contributed by atoms with E-state index >= 15 is 0 Å². The van der Waals surface area contributed by atoms with Crippen LogP contribution < -0.4 is 11.1 Å². The molecule has 0 spiro atoms. The van der Waals surface area contributed by atoms with Crippen LogP contribution in [0.1, 0.15) is 93.9 Å². The van der Waals surface area contributed by atoms with Crippen LogP contribution in [0.2, 0.25) is 0 Å². The number of methoxy groups -OCH3 is 1. The van der Waals surface area contributed by atoms with Gasteiger partial charge in [-0.1, -0.05) is 38.1 Å². The lowest BCUT2D eigenvalue weighted by atomic mass is 9.78. The van der Waals surface area contributed by atoms with Gasteiger partial charge in [-0.25, -0.2) is 4.79 Å². The van der Waals surface area contributed by atoms with E-state index in [1.165, 1.54) is 6.26 Å². The number of ketones is 1. The summed E-state index contributed by atoms with van der Waals surface area (Å²) in [6.07, 6.45) is 2.63. The molecule has 2 aromatic rings. The van der Waals surface area contributed by atoms with Gasteiger partial charge in [0.05, 0.1) is 30.0 Å². The monoisotopic (exact) mass is 908 g/mol. The maximum Gasteiger partial charge on any atom is 0.410 e. The van der Waals surface area contributed by atoms with Crippen LogP contribution in [0.25, 0.3) is 11.3 Å². The number of cyclic esters (lactones) is 1. The summed E-state index contributed by atoms with van der Waals surface area (Å²) >= 11 is 0.250. The molecule has 18 heteroatoms. The van der Waals surface area contributed by atoms with E-state index in [1.807, 2.05) is 88.8 Å². The van der Waals surface area contributed by atoms with Crippen molar-refractivity contribution in [3.8, 4) is 11.3 Å². The lowest BCUT2D eigenvalue weighted by Crippen LogP contribution is -2.61. The Kier molecular flexibility index (Phi) is 19.2. The number of nitrogens with two attached hydrogens (primary N) is 1. The number of nitrogen functional groups attached to an aromatic ring is 1. The standard InChI is InChI=1S/C44H71N7O9.CH3FS/c1-12-35-44(8)38(51(42(55)60-44)20-15-13-14-19-50-25-33(47-48-50)31-17-16-18-32(45)22-31)30(6)46-24-26(2)23-43(7,56-11)39(28(4)36(52)29(5)40(54)58-35)59-41-37(53)34(49(9)10)21-27(3)57-41;1-3-2/h16-18,22,25-30,34-35,37-39,41,46,53H,12-15,19-21,23-24,45H2,1-11H3;1H3/t26-,27?,28+,29-,30-,34?,35-,37?,38-,39-,41+,43-,44-;/m1./s1. The van der Waals surface area contributed by atoms with Crippen LogP contribution in [0.3, 0.4) is 0 Å². The maximum atomic E-state index is 14.4. The molecular formula is C45H74FN7O9S. The number of likely N-dealkylation sites (N-methyl/N-ethyl adjacent to an activating group) is 1. The average Bonchev–Trinajstić information content (AvgIpc) is 3.82. The Morgan fingerprint density at radius 1 is 1.10 bits per heavy atom. The molecular weight excluding hydrogens is 834 g/mol. The third-order valence-corrected chi connectivity index (χ3v) is 13.1. The third kappa shape index (κ3) is 12.7. The lowest BCUT2D eigenvalue weighted by molar-refractivity contribution is -0.295. The number of aryl methyl sites for hydroxylation is 1. The van der Waals surface area contributed by atoms with Crippen molar-refractivity contribution in [3.05, 3.63) is 30.5 Å². The number of unbranched alkanes of at least 4 members (excludes halogenated alkanes) is 2. The molecule has 0 bridgehead atoms. The van der Waals surface area contributed by atoms with E-state index in [9.17, 15) is 23.4 Å². The zero-order valence-corrected chi connectivity index (χ0v) is 40.2. The number of carbonyl (C=O) groups excluding carboxylic acids is 3. The molecule has 3 fully saturated rings. The van der Waals surface area contributed by atoms with Gasteiger partial charge in [0.25, 0.3) is 0 Å². The molecule has 0 saturated carbocycles. The summed E-state index contributed by atoms with van der Waals surface area (Å²) in [5, 5.41) is 23.7. The largest absolute Gasteiger partial charge is 0.458 e. The molecule has 3 aliphatic heterocycles. The van der Waals surface area contributed by atoms with Gasteiger partial charge in [-0.05, 0) is 112 Å². The molecule has 4 N–H and O–H groups in total. The summed E-state index contributed by atoms with van der Waals surface area (Å²) in [4.78, 5) is 45.9. The first-order valence-corrected chi connectivity index (χ1v) is 23.5. The summed E-state index contributed by atoms with van der Waals surface area (Å²) in [5.41, 5.74) is 6.02. The van der Waals surface area contributed by atoms with E-state index in [0.29, 0.717) is 51.0 Å². The van der Waals surface area contributed by atoms with Crippen LogP contribution in [-0.4, -0.2) is 148 Å². The van der Waals surface area contributed by atoms with Gasteiger partial charge < -0.3 is 44.7 Å². The number of esters is 1. The molecule has 1 aromatic carbocycles. The first kappa shape index (κ1) is 52.2. The number of fused-ring (bicyclic) bond motifs is 1. The number of ether oxygens (including phenoxy) is 5. The summed E-state index contributed by atoms with van der Waals surface area (Å²) in [6.45, 7) is 16.6. The number of amides is 1. The van der Waals surface area contributed by atoms with Crippen molar-refractivity contribution in [2.75, 3.05) is 46.3 Å². The molecule has 1 aromatic heterocycles. The predicted octanol–water partition coefficient (Wildman–Crippen LogP) is 5.91. The number of benzene rings is 1. The molecule has 16 nitrogen and oxygen atoms in total. The van der Waals surface area contributed by atoms with E-state index in [-0.39, 0.29) is 36.3 Å². The molecule has 63 heavy (non-hydrogen) atoms. The van der Waals surface area contributed by atoms with Crippen LogP contribution in [0.5, 0.6) is 0 Å². The van der Waals surface area contributed by atoms with E-state index in [0.717, 1.165) is 24.1 Å². The van der Waals surface area contributed by atoms with Crippen LogP contribution in [-0.2, 0) is 39.8 Å². The molecule has 5 rings (SSSR count). The van der Waals surface area contributed by atoms with Crippen molar-refractivity contribution in [2.45, 2.75) is 160 Å². The molecule has 0 radical (unpaired) electrons. The fourth-order valence-electron chi connectivity index (χ4n) is 9.63. The molecule has 13 atom stereocenters. The van der Waals surface area contributed by atoms with Gasteiger partial charge in [-0.15, -0.1) is 5.10 Å². The van der Waals surface area contributed by atoms with Crippen molar-refractivity contribution in [1.29, 1.82) is 0 Å². The molecule has 3 aliphatic rings. The van der Waals surface area contributed by atoms with Gasteiger partial charge in [0.2, 0.25) is 0 Å². The number of aromatic nitrogens is 3. The van der Waals surface area contributed by atoms with Crippen LogP contribution >= 0.6 is 12.1 Å². The van der Waals surface area contributed by atoms with Crippen molar-refractivity contribution in [3.63, 3.8) is 0 Å². The number of anilines is 1.